The van der Waals surface area contributed by atoms with E-state index in [1.807, 2.05) is 25.1 Å². The molecule has 0 bridgehead atoms. The first-order valence-corrected chi connectivity index (χ1v) is 21.6. The van der Waals surface area contributed by atoms with Crippen LogP contribution in [-0.4, -0.2) is 108 Å². The summed E-state index contributed by atoms with van der Waals surface area (Å²) >= 11 is 0. The molecule has 0 saturated heterocycles. The van der Waals surface area contributed by atoms with Gasteiger partial charge in [-0.1, -0.05) is 74.4 Å². The summed E-state index contributed by atoms with van der Waals surface area (Å²) in [5.74, 6) is -6.15. The Kier molecular flexibility index (Phi) is 20.0. The summed E-state index contributed by atoms with van der Waals surface area (Å²) in [7, 11) is -4.80. The van der Waals surface area contributed by atoms with Gasteiger partial charge in [0.25, 0.3) is 0 Å². The number of benzene rings is 3. The van der Waals surface area contributed by atoms with E-state index in [4.69, 9.17) is 14.0 Å². The average Bonchev–Trinajstić information content (AvgIpc) is 3.21. The largest absolute Gasteiger partial charge is 0.508 e. The summed E-state index contributed by atoms with van der Waals surface area (Å²) in [6.45, 7) is 5.88. The molecular formula is C43H55N5O15S. The van der Waals surface area contributed by atoms with E-state index in [0.717, 1.165) is 5.56 Å². The molecule has 4 atom stereocenters. The first kappa shape index (κ1) is 51.6. The molecule has 21 heteroatoms. The van der Waals surface area contributed by atoms with E-state index in [0.29, 0.717) is 30.4 Å². The summed E-state index contributed by atoms with van der Waals surface area (Å²) in [4.78, 5) is 91.8. The second kappa shape index (κ2) is 24.8. The third-order valence-corrected chi connectivity index (χ3v) is 9.36. The van der Waals surface area contributed by atoms with Crippen LogP contribution >= 0.6 is 0 Å². The monoisotopic (exact) mass is 913 g/mol. The second-order valence-corrected chi connectivity index (χ2v) is 16.6. The molecule has 0 aliphatic heterocycles. The highest BCUT2D eigenvalue weighted by molar-refractivity contribution is 7.81. The number of carbonyl (C=O) groups excluding carboxylic acids is 6. The van der Waals surface area contributed by atoms with Gasteiger partial charge in [0.05, 0.1) is 19.6 Å². The first-order chi connectivity index (χ1) is 30.1. The van der Waals surface area contributed by atoms with Crippen molar-refractivity contribution in [3.8, 4) is 11.5 Å². The Morgan fingerprint density at radius 3 is 1.81 bits per heavy atom. The van der Waals surface area contributed by atoms with Crippen LogP contribution in [0.4, 0.5) is 4.79 Å². The van der Waals surface area contributed by atoms with Gasteiger partial charge in [0.1, 0.15) is 41.3 Å². The Morgan fingerprint density at radius 2 is 1.27 bits per heavy atom. The van der Waals surface area contributed by atoms with Gasteiger partial charge >= 0.3 is 28.4 Å². The molecule has 8 N–H and O–H groups in total. The van der Waals surface area contributed by atoms with Gasteiger partial charge in [-0.05, 0) is 68.1 Å². The number of nitrogens with one attached hydrogen (secondary N) is 5. The minimum Gasteiger partial charge on any atom is -0.508 e. The minimum absolute atomic E-state index is 0.0737. The van der Waals surface area contributed by atoms with Crippen LogP contribution in [0.1, 0.15) is 70.1 Å². The fourth-order valence-electron chi connectivity index (χ4n) is 5.91. The zero-order valence-electron chi connectivity index (χ0n) is 35.8. The topological polar surface area (TPSA) is 302 Å². The molecule has 5 amide bonds. The SMILES string of the molecule is CCCC[C@H](NC(=O)[C@H](Cc1ccc(OS(=O)(=O)O)cc1)NC(=O)OC(C)(C)C)C(=O)NCC(=O)N[C@@H](Cc1ccc(O)cc1)C(=O)N[C@@H](CC(=O)O)C(=O)OCCc1ccccc1. The minimum atomic E-state index is -4.80. The van der Waals surface area contributed by atoms with Gasteiger partial charge in [0.15, 0.2) is 0 Å². The van der Waals surface area contributed by atoms with Crippen LogP contribution in [-0.2, 0) is 67.9 Å². The first-order valence-electron chi connectivity index (χ1n) is 20.2. The van der Waals surface area contributed by atoms with Crippen LogP contribution in [0.3, 0.4) is 0 Å². The number of hydrogen-bond donors (Lipinski definition) is 8. The Labute approximate surface area is 370 Å². The maximum absolute atomic E-state index is 13.8. The number of aromatic hydroxyl groups is 1. The van der Waals surface area contributed by atoms with Crippen LogP contribution < -0.4 is 30.8 Å². The van der Waals surface area contributed by atoms with Crippen molar-refractivity contribution < 1.29 is 70.4 Å². The van der Waals surface area contributed by atoms with Gasteiger partial charge in [0, 0.05) is 19.3 Å². The van der Waals surface area contributed by atoms with Crippen LogP contribution in [0, 0.1) is 0 Å². The highest BCUT2D eigenvalue weighted by Gasteiger charge is 2.32. The molecule has 0 spiro atoms. The van der Waals surface area contributed by atoms with Crippen molar-refractivity contribution in [3.63, 3.8) is 0 Å². The van der Waals surface area contributed by atoms with Crippen molar-refractivity contribution >= 4 is 52.1 Å². The molecule has 0 aromatic heterocycles. The third kappa shape index (κ3) is 20.0. The lowest BCUT2D eigenvalue weighted by Gasteiger charge is -2.25. The van der Waals surface area contributed by atoms with Crippen molar-refractivity contribution in [3.05, 3.63) is 95.6 Å². The molecule has 0 fully saturated rings. The normalized spacial score (nSPS) is 13.1. The van der Waals surface area contributed by atoms with Gasteiger partial charge in [-0.15, -0.1) is 0 Å². The van der Waals surface area contributed by atoms with Crippen LogP contribution in [0.15, 0.2) is 78.9 Å². The van der Waals surface area contributed by atoms with Gasteiger partial charge in [-0.3, -0.25) is 28.5 Å². The number of amides is 5. The average molecular weight is 914 g/mol. The summed E-state index contributed by atoms with van der Waals surface area (Å²) < 4.78 is 46.2. The Bertz CT molecular complexity index is 2160. The highest BCUT2D eigenvalue weighted by atomic mass is 32.3. The number of carboxylic acid groups (broad SMARTS) is 1. The maximum Gasteiger partial charge on any atom is 0.446 e. The van der Waals surface area contributed by atoms with Crippen LogP contribution in [0.5, 0.6) is 11.5 Å². The molecule has 0 aliphatic carbocycles. The molecule has 348 valence electrons. The Hall–Kier alpha value is -6.74. The number of alkyl carbamates (subject to hydrolysis) is 1. The van der Waals surface area contributed by atoms with Gasteiger partial charge in [-0.2, -0.15) is 8.42 Å². The fourth-order valence-corrected chi connectivity index (χ4v) is 6.27. The molecule has 0 unspecified atom stereocenters. The molecule has 3 aromatic rings. The number of ether oxygens (including phenoxy) is 2. The smallest absolute Gasteiger partial charge is 0.446 e. The molecule has 0 aliphatic rings. The van der Waals surface area contributed by atoms with E-state index >= 15 is 0 Å². The number of rotatable bonds is 24. The Balaban J connectivity index is 1.75. The Morgan fingerprint density at radius 1 is 0.703 bits per heavy atom. The molecule has 0 heterocycles. The van der Waals surface area contributed by atoms with Crippen molar-refractivity contribution in [2.24, 2.45) is 0 Å². The number of unbranched alkanes of at least 4 members (excludes halogenated alkanes) is 1. The maximum atomic E-state index is 13.8. The number of carboxylic acids is 1. The summed E-state index contributed by atoms with van der Waals surface area (Å²) in [5.41, 5.74) is 0.781. The van der Waals surface area contributed by atoms with Crippen LogP contribution in [0.25, 0.3) is 0 Å². The summed E-state index contributed by atoms with van der Waals surface area (Å²) in [5, 5.41) is 31.7. The lowest BCUT2D eigenvalue weighted by atomic mass is 10.0. The highest BCUT2D eigenvalue weighted by Crippen LogP contribution is 2.17. The van der Waals surface area contributed by atoms with Gasteiger partial charge < -0.3 is 50.5 Å². The number of phenols is 1. The number of aliphatic carboxylic acids is 1. The van der Waals surface area contributed by atoms with Crippen molar-refractivity contribution in [2.45, 2.75) is 102 Å². The van der Waals surface area contributed by atoms with Crippen molar-refractivity contribution in [1.29, 1.82) is 0 Å². The van der Waals surface area contributed by atoms with Crippen LogP contribution in [0.2, 0.25) is 0 Å². The van der Waals surface area contributed by atoms with E-state index in [2.05, 4.69) is 30.8 Å². The molecule has 20 nitrogen and oxygen atoms in total. The molecule has 0 saturated carbocycles. The lowest BCUT2D eigenvalue weighted by Crippen LogP contribution is -2.56. The van der Waals surface area contributed by atoms with E-state index in [-0.39, 0.29) is 37.4 Å². The second-order valence-electron chi connectivity index (χ2n) is 15.5. The third-order valence-electron chi connectivity index (χ3n) is 8.96. The summed E-state index contributed by atoms with van der Waals surface area (Å²) in [6, 6.07) is 14.3. The lowest BCUT2D eigenvalue weighted by molar-refractivity contribution is -0.151. The van der Waals surface area contributed by atoms with Crippen molar-refractivity contribution in [2.75, 3.05) is 13.2 Å². The molecule has 64 heavy (non-hydrogen) atoms. The van der Waals surface area contributed by atoms with Gasteiger partial charge in [-0.25, -0.2) is 9.59 Å². The molecule has 0 radical (unpaired) electrons. The quantitative estimate of drug-likeness (QED) is 0.0472. The predicted molar refractivity (Wildman–Crippen MR) is 229 cm³/mol. The van der Waals surface area contributed by atoms with E-state index in [1.54, 1.807) is 32.9 Å². The molecule has 3 aromatic carbocycles. The van der Waals surface area contributed by atoms with E-state index in [1.165, 1.54) is 48.5 Å². The number of carbonyl (C=O) groups is 7. The molecule has 3 rings (SSSR count). The number of hydrogen-bond acceptors (Lipinski definition) is 13. The number of phenolic OH excluding ortho intramolecular Hbond substituents is 1. The van der Waals surface area contributed by atoms with Gasteiger partial charge in [0.2, 0.25) is 23.6 Å². The predicted octanol–water partition coefficient (Wildman–Crippen LogP) is 2.27. The van der Waals surface area contributed by atoms with Crippen molar-refractivity contribution in [1.82, 2.24) is 26.6 Å². The fraction of sp³-hybridized carbons (Fsp3) is 0.419. The standard InChI is InChI=1S/C43H55N5O15S/c1-5-6-12-32(46-40(55)34(48-42(57)62-43(2,3)4)24-29-15-19-31(20-16-29)63-64(58,59)60)38(53)44-26-36(50)45-33(23-28-13-17-30(49)18-14-28)39(54)47-35(25-37(51)52)41(56)61-22-21-27-10-8-7-9-11-27/h7-11,13-20,32-35,49H,5-6,12,21-26H2,1-4H3,(H,44,53)(H,45,50)(H,46,55)(H,47,54)(H,48,57)(H,51,52)(H,58,59,60)/t32-,33-,34-,35-/m0/s1. The zero-order chi connectivity index (χ0) is 47.5. The van der Waals surface area contributed by atoms with E-state index in [9.17, 15) is 52.2 Å². The van der Waals surface area contributed by atoms with E-state index < -0.39 is 94.8 Å². The number of esters is 1. The zero-order valence-corrected chi connectivity index (χ0v) is 36.6. The molecular weight excluding hydrogens is 859 g/mol. The summed E-state index contributed by atoms with van der Waals surface area (Å²) in [6.07, 6.45) is -0.660.